The number of anilines is 1. The standard InChI is InChI=1S/C12H17N3O4S/c1-4-13-8(17)5-6-14-12-15-9(11(18)19-3)10(20-12)7(2)16/h4-6H2,1-3H3,(H,13,17)(H,14,15). The lowest BCUT2D eigenvalue weighted by atomic mass is 10.3. The zero-order valence-electron chi connectivity index (χ0n) is 11.6. The molecule has 0 aliphatic rings. The molecule has 0 radical (unpaired) electrons. The molecule has 1 rings (SSSR count). The second kappa shape index (κ2) is 7.59. The largest absolute Gasteiger partial charge is 0.464 e. The minimum absolute atomic E-state index is 0.00510. The molecule has 0 saturated carbocycles. The number of amides is 1. The molecule has 0 aromatic carbocycles. The van der Waals surface area contributed by atoms with Gasteiger partial charge in [-0.15, -0.1) is 0 Å². The summed E-state index contributed by atoms with van der Waals surface area (Å²) in [7, 11) is 1.23. The van der Waals surface area contributed by atoms with Gasteiger partial charge in [-0.25, -0.2) is 9.78 Å². The predicted molar refractivity (Wildman–Crippen MR) is 75.2 cm³/mol. The molecule has 1 amide bonds. The van der Waals surface area contributed by atoms with E-state index in [9.17, 15) is 14.4 Å². The molecule has 0 aliphatic heterocycles. The highest BCUT2D eigenvalue weighted by Crippen LogP contribution is 2.24. The fourth-order valence-corrected chi connectivity index (χ4v) is 2.31. The molecule has 0 fully saturated rings. The number of carbonyl (C=O) groups is 3. The summed E-state index contributed by atoms with van der Waals surface area (Å²) in [6.07, 6.45) is 0.288. The lowest BCUT2D eigenvalue weighted by Gasteiger charge is -2.02. The van der Waals surface area contributed by atoms with E-state index < -0.39 is 5.97 Å². The van der Waals surface area contributed by atoms with E-state index in [1.807, 2.05) is 6.92 Å². The summed E-state index contributed by atoms with van der Waals surface area (Å²) in [6, 6.07) is 0. The normalized spacial score (nSPS) is 9.95. The number of ether oxygens (including phenoxy) is 1. The zero-order valence-corrected chi connectivity index (χ0v) is 12.4. The maximum absolute atomic E-state index is 11.5. The van der Waals surface area contributed by atoms with Crippen molar-refractivity contribution in [1.29, 1.82) is 0 Å². The number of carbonyl (C=O) groups excluding carboxylic acids is 3. The first-order valence-electron chi connectivity index (χ1n) is 6.10. The van der Waals surface area contributed by atoms with Crippen LogP contribution in [0.1, 0.15) is 40.4 Å². The van der Waals surface area contributed by atoms with Crippen LogP contribution in [0.3, 0.4) is 0 Å². The molecule has 0 aliphatic carbocycles. The molecule has 8 heteroatoms. The molecule has 1 heterocycles. The zero-order chi connectivity index (χ0) is 15.1. The average molecular weight is 299 g/mol. The number of hydrogen-bond acceptors (Lipinski definition) is 7. The second-order valence-corrected chi connectivity index (χ2v) is 4.87. The number of esters is 1. The van der Waals surface area contributed by atoms with Crippen LogP contribution < -0.4 is 10.6 Å². The minimum Gasteiger partial charge on any atom is -0.464 e. The summed E-state index contributed by atoms with van der Waals surface area (Å²) >= 11 is 1.07. The summed E-state index contributed by atoms with van der Waals surface area (Å²) in [5.74, 6) is -0.973. The maximum atomic E-state index is 11.5. The number of aromatic nitrogens is 1. The highest BCUT2D eigenvalue weighted by molar-refractivity contribution is 7.17. The number of ketones is 1. The Hall–Kier alpha value is -1.96. The van der Waals surface area contributed by atoms with Crippen molar-refractivity contribution in [2.45, 2.75) is 20.3 Å². The molecule has 0 atom stereocenters. The molecule has 2 N–H and O–H groups in total. The summed E-state index contributed by atoms with van der Waals surface area (Å²) in [5.41, 5.74) is 0.00510. The third-order valence-electron chi connectivity index (χ3n) is 2.33. The van der Waals surface area contributed by atoms with Crippen LogP contribution >= 0.6 is 11.3 Å². The van der Waals surface area contributed by atoms with Crippen LogP contribution in [-0.4, -0.2) is 42.8 Å². The van der Waals surface area contributed by atoms with Crippen molar-refractivity contribution in [3.05, 3.63) is 10.6 Å². The van der Waals surface area contributed by atoms with E-state index in [1.54, 1.807) is 0 Å². The Morgan fingerprint density at radius 3 is 2.60 bits per heavy atom. The van der Waals surface area contributed by atoms with Crippen molar-refractivity contribution in [2.24, 2.45) is 0 Å². The molecule has 0 unspecified atom stereocenters. The third kappa shape index (κ3) is 4.30. The number of hydrogen-bond donors (Lipinski definition) is 2. The third-order valence-corrected chi connectivity index (χ3v) is 3.44. The van der Waals surface area contributed by atoms with E-state index >= 15 is 0 Å². The molecular formula is C12H17N3O4S. The summed E-state index contributed by atoms with van der Waals surface area (Å²) in [5, 5.41) is 6.00. The Labute approximate surface area is 120 Å². The van der Waals surface area contributed by atoms with E-state index in [1.165, 1.54) is 14.0 Å². The number of nitrogens with one attached hydrogen (secondary N) is 2. The predicted octanol–water partition coefficient (Wildman–Crippen LogP) is 1.07. The van der Waals surface area contributed by atoms with Crippen molar-refractivity contribution in [2.75, 3.05) is 25.5 Å². The fraction of sp³-hybridized carbons (Fsp3) is 0.500. The van der Waals surface area contributed by atoms with Crippen LogP contribution in [0.25, 0.3) is 0 Å². The smallest absolute Gasteiger partial charge is 0.358 e. The highest BCUT2D eigenvalue weighted by Gasteiger charge is 2.21. The van der Waals surface area contributed by atoms with Crippen LogP contribution in [-0.2, 0) is 9.53 Å². The quantitative estimate of drug-likeness (QED) is 0.577. The van der Waals surface area contributed by atoms with Gasteiger partial charge in [0.25, 0.3) is 0 Å². The van der Waals surface area contributed by atoms with Crippen molar-refractivity contribution in [3.63, 3.8) is 0 Å². The first-order chi connectivity index (χ1) is 9.49. The molecule has 7 nitrogen and oxygen atoms in total. The maximum Gasteiger partial charge on any atom is 0.358 e. The number of Topliss-reactive ketones (excluding diaryl/α,β-unsaturated/α-hetero) is 1. The van der Waals surface area contributed by atoms with Gasteiger partial charge in [-0.2, -0.15) is 0 Å². The van der Waals surface area contributed by atoms with E-state index in [0.717, 1.165) is 11.3 Å². The molecule has 1 aromatic heterocycles. The highest BCUT2D eigenvalue weighted by atomic mass is 32.1. The van der Waals surface area contributed by atoms with Crippen molar-refractivity contribution >= 4 is 34.1 Å². The van der Waals surface area contributed by atoms with Gasteiger partial charge in [-0.1, -0.05) is 11.3 Å². The lowest BCUT2D eigenvalue weighted by molar-refractivity contribution is -0.120. The van der Waals surface area contributed by atoms with Gasteiger partial charge in [0.15, 0.2) is 16.6 Å². The molecule has 1 aromatic rings. The first kappa shape index (κ1) is 16.1. The summed E-state index contributed by atoms with van der Waals surface area (Å²) < 4.78 is 4.58. The van der Waals surface area contributed by atoms with Gasteiger partial charge in [0, 0.05) is 26.4 Å². The SMILES string of the molecule is CCNC(=O)CCNc1nc(C(=O)OC)c(C(C)=O)s1. The van der Waals surface area contributed by atoms with E-state index in [-0.39, 0.29) is 28.7 Å². The fourth-order valence-electron chi connectivity index (χ4n) is 1.44. The van der Waals surface area contributed by atoms with E-state index in [4.69, 9.17) is 0 Å². The van der Waals surface area contributed by atoms with Gasteiger partial charge in [-0.3, -0.25) is 9.59 Å². The number of rotatable bonds is 7. The van der Waals surface area contributed by atoms with Crippen LogP contribution in [0.4, 0.5) is 5.13 Å². The van der Waals surface area contributed by atoms with Crippen molar-refractivity contribution in [1.82, 2.24) is 10.3 Å². The van der Waals surface area contributed by atoms with Crippen LogP contribution in [0.2, 0.25) is 0 Å². The Bertz CT molecular complexity index is 513. The van der Waals surface area contributed by atoms with Crippen molar-refractivity contribution in [3.8, 4) is 0 Å². The summed E-state index contributed by atoms with van der Waals surface area (Å²) in [4.78, 5) is 38.5. The van der Waals surface area contributed by atoms with Gasteiger partial charge >= 0.3 is 5.97 Å². The van der Waals surface area contributed by atoms with Gasteiger partial charge in [0.2, 0.25) is 5.91 Å². The minimum atomic E-state index is -0.650. The van der Waals surface area contributed by atoms with E-state index in [2.05, 4.69) is 20.4 Å². The average Bonchev–Trinajstić information content (AvgIpc) is 2.82. The van der Waals surface area contributed by atoms with Gasteiger partial charge in [0.1, 0.15) is 4.88 Å². The number of thiazole rings is 1. The molecule has 20 heavy (non-hydrogen) atoms. The van der Waals surface area contributed by atoms with E-state index in [0.29, 0.717) is 18.2 Å². The first-order valence-corrected chi connectivity index (χ1v) is 6.91. The topological polar surface area (TPSA) is 97.4 Å². The van der Waals surface area contributed by atoms with Gasteiger partial charge < -0.3 is 15.4 Å². The molecule has 0 bridgehead atoms. The Balaban J connectivity index is 2.70. The van der Waals surface area contributed by atoms with Gasteiger partial charge in [0.05, 0.1) is 7.11 Å². The number of methoxy groups -OCH3 is 1. The lowest BCUT2D eigenvalue weighted by Crippen LogP contribution is -2.24. The monoisotopic (exact) mass is 299 g/mol. The molecule has 110 valence electrons. The second-order valence-electron chi connectivity index (χ2n) is 3.87. The van der Waals surface area contributed by atoms with Crippen LogP contribution in [0.15, 0.2) is 0 Å². The van der Waals surface area contributed by atoms with Crippen LogP contribution in [0, 0.1) is 0 Å². The molecule has 0 spiro atoms. The molecule has 0 saturated heterocycles. The van der Waals surface area contributed by atoms with Gasteiger partial charge in [-0.05, 0) is 6.92 Å². The Morgan fingerprint density at radius 1 is 1.35 bits per heavy atom. The van der Waals surface area contributed by atoms with Crippen LogP contribution in [0.5, 0.6) is 0 Å². The molecular weight excluding hydrogens is 282 g/mol. The van der Waals surface area contributed by atoms with Crippen molar-refractivity contribution < 1.29 is 19.1 Å². The Morgan fingerprint density at radius 2 is 2.05 bits per heavy atom. The number of nitrogens with zero attached hydrogens (tertiary/aromatic N) is 1. The summed E-state index contributed by atoms with van der Waals surface area (Å²) in [6.45, 7) is 4.15. The Kier molecular flexibility index (Phi) is 6.10.